The number of aromatic nitrogens is 4. The Bertz CT molecular complexity index is 1370. The lowest BCUT2D eigenvalue weighted by molar-refractivity contribution is -0.274. The molecule has 1 saturated heterocycles. The maximum Gasteiger partial charge on any atom is 0.573 e. The zero-order valence-electron chi connectivity index (χ0n) is 26.4. The molecular weight excluding hydrogens is 658 g/mol. The maximum atomic E-state index is 13.1. The number of nitrogens with zero attached hydrogens (tertiary/aromatic N) is 6. The Hall–Kier alpha value is -3.23. The van der Waals surface area contributed by atoms with Gasteiger partial charge in [-0.25, -0.2) is 4.31 Å². The van der Waals surface area contributed by atoms with Gasteiger partial charge in [-0.05, 0) is 80.7 Å². The standard InChI is InChI=1S/C31H39F3N6O5S.H2S/c1-4-6-9-27(45-46-38(3)30(29(41)43-5-2)17-20-39(21-18-30)25-13-14-25)10-7-22-42-23-8-19-40-36-28(35-37-40)24-11-15-26(16-12-24)44-31(32,33)34;/h1,7,9-12,15-16,25H,5-6,8,13-14,17-23H2,2-3H3;1H2/b10-7-,27-9-;. The summed E-state index contributed by atoms with van der Waals surface area (Å²) in [5.41, 5.74) is -0.260. The van der Waals surface area contributed by atoms with Crippen molar-refractivity contribution in [3.05, 3.63) is 48.3 Å². The van der Waals surface area contributed by atoms with Gasteiger partial charge in [0, 0.05) is 44.8 Å². The van der Waals surface area contributed by atoms with E-state index in [1.165, 1.54) is 41.9 Å². The van der Waals surface area contributed by atoms with E-state index in [0.717, 1.165) is 25.3 Å². The molecule has 2 fully saturated rings. The molecule has 0 unspecified atom stereocenters. The summed E-state index contributed by atoms with van der Waals surface area (Å²) >= 11 is 1.10. The highest BCUT2D eigenvalue weighted by Crippen LogP contribution is 2.38. The molecule has 0 spiro atoms. The highest BCUT2D eigenvalue weighted by atomic mass is 32.2. The van der Waals surface area contributed by atoms with Crippen molar-refractivity contribution in [2.24, 2.45) is 0 Å². The number of terminal acetylenes is 1. The molecule has 2 aromatic rings. The molecule has 1 aliphatic heterocycles. The molecule has 1 aliphatic carbocycles. The van der Waals surface area contributed by atoms with E-state index in [9.17, 15) is 18.0 Å². The first kappa shape index (κ1) is 38.2. The number of alkyl halides is 3. The fourth-order valence-electron chi connectivity index (χ4n) is 4.95. The lowest BCUT2D eigenvalue weighted by Gasteiger charge is -2.43. The van der Waals surface area contributed by atoms with Crippen LogP contribution in [0.4, 0.5) is 13.2 Å². The Balaban J connectivity index is 0.00000600. The van der Waals surface area contributed by atoms with Crippen LogP contribution < -0.4 is 4.74 Å². The van der Waals surface area contributed by atoms with Gasteiger partial charge >= 0.3 is 12.3 Å². The number of likely N-dealkylation sites (tertiary alicyclic amines) is 1. The van der Waals surface area contributed by atoms with Crippen LogP contribution in [-0.2, 0) is 25.0 Å². The van der Waals surface area contributed by atoms with Crippen LogP contribution in [0.2, 0.25) is 0 Å². The van der Waals surface area contributed by atoms with Crippen LogP contribution in [0.1, 0.15) is 45.4 Å². The average molecular weight is 699 g/mol. The molecule has 0 amide bonds. The zero-order valence-corrected chi connectivity index (χ0v) is 28.3. The van der Waals surface area contributed by atoms with Crippen molar-refractivity contribution < 1.29 is 36.4 Å². The number of benzene rings is 1. The van der Waals surface area contributed by atoms with E-state index < -0.39 is 11.9 Å². The quantitative estimate of drug-likeness (QED) is 0.0410. The van der Waals surface area contributed by atoms with Crippen LogP contribution >= 0.6 is 25.7 Å². The first-order valence-electron chi connectivity index (χ1n) is 15.1. The van der Waals surface area contributed by atoms with Crippen LogP contribution in [0.5, 0.6) is 5.75 Å². The van der Waals surface area contributed by atoms with Crippen molar-refractivity contribution in [3.63, 3.8) is 0 Å². The minimum Gasteiger partial charge on any atom is -0.465 e. The molecule has 2 heterocycles. The van der Waals surface area contributed by atoms with E-state index >= 15 is 0 Å². The fourth-order valence-corrected chi connectivity index (χ4v) is 5.68. The minimum atomic E-state index is -4.76. The van der Waals surface area contributed by atoms with Gasteiger partial charge in [-0.3, -0.25) is 4.79 Å². The third-order valence-corrected chi connectivity index (χ3v) is 8.40. The summed E-state index contributed by atoms with van der Waals surface area (Å²) in [5.74, 6) is 2.86. The van der Waals surface area contributed by atoms with E-state index in [1.54, 1.807) is 12.2 Å². The molecule has 0 N–H and O–H groups in total. The molecule has 258 valence electrons. The normalized spacial score (nSPS) is 16.9. The summed E-state index contributed by atoms with van der Waals surface area (Å²) in [7, 11) is 1.86. The van der Waals surface area contributed by atoms with Gasteiger partial charge in [-0.15, -0.1) is 35.7 Å². The highest BCUT2D eigenvalue weighted by Gasteiger charge is 2.49. The van der Waals surface area contributed by atoms with Crippen molar-refractivity contribution >= 4 is 31.7 Å². The first-order chi connectivity index (χ1) is 22.1. The Morgan fingerprint density at radius 1 is 1.23 bits per heavy atom. The van der Waals surface area contributed by atoms with Crippen LogP contribution in [0, 0.1) is 12.3 Å². The Kier molecular flexibility index (Phi) is 14.9. The van der Waals surface area contributed by atoms with Crippen LogP contribution in [0.3, 0.4) is 0 Å². The number of hydrogen-bond donors (Lipinski definition) is 0. The Morgan fingerprint density at radius 2 is 1.96 bits per heavy atom. The fraction of sp³-hybridized carbons (Fsp3) is 0.548. The zero-order chi connectivity index (χ0) is 33.0. The first-order valence-corrected chi connectivity index (χ1v) is 15.8. The number of esters is 1. The Morgan fingerprint density at radius 3 is 2.60 bits per heavy atom. The van der Waals surface area contributed by atoms with E-state index in [0.29, 0.717) is 69.4 Å². The molecule has 11 nitrogen and oxygen atoms in total. The number of carbonyl (C=O) groups is 1. The summed E-state index contributed by atoms with van der Waals surface area (Å²) < 4.78 is 60.0. The van der Waals surface area contributed by atoms with Gasteiger partial charge in [0.25, 0.3) is 0 Å². The van der Waals surface area contributed by atoms with Gasteiger partial charge in [0.15, 0.2) is 0 Å². The predicted octanol–water partition coefficient (Wildman–Crippen LogP) is 5.29. The molecule has 1 aromatic heterocycles. The SMILES string of the molecule is C#CC/C=C(/C=C\COCCCn1nnc(-c2ccc(OC(F)(F)F)cc2)n1)OSN(C)C1(C(=O)OCC)CCN(C2CC2)CC1.S. The van der Waals surface area contributed by atoms with Crippen LogP contribution in [-0.4, -0.2) is 93.3 Å². The van der Waals surface area contributed by atoms with E-state index in [-0.39, 0.29) is 31.0 Å². The molecule has 4 rings (SSSR count). The molecular formula is C31H41F3N6O5S2. The molecule has 1 saturated carbocycles. The Labute approximate surface area is 284 Å². The van der Waals surface area contributed by atoms with Crippen molar-refractivity contribution in [2.45, 2.75) is 69.9 Å². The van der Waals surface area contributed by atoms with Crippen molar-refractivity contribution in [2.75, 3.05) is 40.0 Å². The summed E-state index contributed by atoms with van der Waals surface area (Å²) in [5, 5.41) is 12.2. The predicted molar refractivity (Wildman–Crippen MR) is 176 cm³/mol. The highest BCUT2D eigenvalue weighted by molar-refractivity contribution is 7.92. The number of carbonyl (C=O) groups excluding carboxylic acids is 1. The molecule has 0 atom stereocenters. The van der Waals surface area contributed by atoms with Crippen LogP contribution in [0.15, 0.2) is 48.3 Å². The number of rotatable bonds is 17. The van der Waals surface area contributed by atoms with Gasteiger partial charge in [-0.1, -0.05) is 6.08 Å². The van der Waals surface area contributed by atoms with Crippen LogP contribution in [0.25, 0.3) is 11.4 Å². The number of tetrazole rings is 1. The number of hydrogen-bond acceptors (Lipinski definition) is 11. The molecule has 1 aromatic carbocycles. The maximum absolute atomic E-state index is 13.1. The summed E-state index contributed by atoms with van der Waals surface area (Å²) in [6.07, 6.45) is 10.9. The minimum absolute atomic E-state index is 0. The number of ether oxygens (including phenoxy) is 3. The third kappa shape index (κ3) is 11.8. The second kappa shape index (κ2) is 18.3. The lowest BCUT2D eigenvalue weighted by atomic mass is 9.87. The third-order valence-electron chi connectivity index (χ3n) is 7.55. The second-order valence-electron chi connectivity index (χ2n) is 10.8. The van der Waals surface area contributed by atoms with Crippen molar-refractivity contribution in [1.29, 1.82) is 0 Å². The van der Waals surface area contributed by atoms with Gasteiger partial charge in [0.2, 0.25) is 5.82 Å². The topological polar surface area (TPSA) is 104 Å². The van der Waals surface area contributed by atoms with E-state index in [2.05, 4.69) is 31.0 Å². The van der Waals surface area contributed by atoms with Crippen molar-refractivity contribution in [1.82, 2.24) is 29.4 Å². The monoisotopic (exact) mass is 698 g/mol. The number of likely N-dealkylation sites (N-methyl/N-ethyl adjacent to an activating group) is 1. The number of piperidine rings is 1. The van der Waals surface area contributed by atoms with Gasteiger partial charge in [0.1, 0.15) is 29.3 Å². The summed E-state index contributed by atoms with van der Waals surface area (Å²) in [6.45, 7) is 5.01. The van der Waals surface area contributed by atoms with E-state index in [4.69, 9.17) is 20.1 Å². The molecule has 0 radical (unpaired) electrons. The van der Waals surface area contributed by atoms with E-state index in [1.807, 2.05) is 24.4 Å². The second-order valence-corrected chi connectivity index (χ2v) is 11.7. The smallest absolute Gasteiger partial charge is 0.465 e. The number of aryl methyl sites for hydroxylation is 1. The summed E-state index contributed by atoms with van der Waals surface area (Å²) in [6, 6.07) is 5.90. The number of allylic oxidation sites excluding steroid dienone is 2. The molecule has 2 aliphatic rings. The lowest BCUT2D eigenvalue weighted by Crippen LogP contribution is -2.57. The van der Waals surface area contributed by atoms with Gasteiger partial charge in [-0.2, -0.15) is 18.3 Å². The van der Waals surface area contributed by atoms with Gasteiger partial charge < -0.3 is 23.3 Å². The number of halogens is 3. The molecule has 0 bridgehead atoms. The largest absolute Gasteiger partial charge is 0.573 e. The molecule has 16 heteroatoms. The van der Waals surface area contributed by atoms with Crippen molar-refractivity contribution in [3.8, 4) is 29.5 Å². The molecule has 47 heavy (non-hydrogen) atoms. The average Bonchev–Trinajstić information content (AvgIpc) is 3.78. The van der Waals surface area contributed by atoms with Gasteiger partial charge in [0.05, 0.1) is 19.8 Å². The summed E-state index contributed by atoms with van der Waals surface area (Å²) in [4.78, 5) is 17.0.